The summed E-state index contributed by atoms with van der Waals surface area (Å²) >= 11 is 0. The van der Waals surface area contributed by atoms with Crippen molar-refractivity contribution in [1.82, 2.24) is 25.3 Å². The van der Waals surface area contributed by atoms with E-state index in [9.17, 15) is 18.8 Å². The molecule has 0 saturated carbocycles. The molecule has 37 heavy (non-hydrogen) atoms. The SMILES string of the molecule is COc1ccc(CNC(=O)c2cc3n(n2)C[C@@](C)(C(=O)NCc2ccc(F)cc2)N(C)C3=O)c(OC)c1. The first-order chi connectivity index (χ1) is 17.7. The maximum Gasteiger partial charge on any atom is 0.272 e. The van der Waals surface area contributed by atoms with Gasteiger partial charge in [0.25, 0.3) is 11.8 Å². The molecule has 2 aromatic carbocycles. The number of benzene rings is 2. The number of nitrogens with zero attached hydrogens (tertiary/aromatic N) is 3. The highest BCUT2D eigenvalue weighted by atomic mass is 19.1. The molecule has 0 radical (unpaired) electrons. The van der Waals surface area contributed by atoms with Gasteiger partial charge in [0.2, 0.25) is 5.91 Å². The molecule has 1 aromatic heterocycles. The summed E-state index contributed by atoms with van der Waals surface area (Å²) in [7, 11) is 4.61. The van der Waals surface area contributed by atoms with Gasteiger partial charge in [-0.25, -0.2) is 4.39 Å². The number of aromatic nitrogens is 2. The minimum absolute atomic E-state index is 0.0550. The van der Waals surface area contributed by atoms with Gasteiger partial charge >= 0.3 is 0 Å². The topological polar surface area (TPSA) is 115 Å². The molecule has 1 atom stereocenters. The lowest BCUT2D eigenvalue weighted by Crippen LogP contribution is -2.62. The zero-order valence-corrected chi connectivity index (χ0v) is 21.0. The zero-order valence-electron chi connectivity index (χ0n) is 21.0. The summed E-state index contributed by atoms with van der Waals surface area (Å²) in [6, 6.07) is 12.4. The van der Waals surface area contributed by atoms with Crippen LogP contribution in [0, 0.1) is 5.82 Å². The molecule has 4 rings (SSSR count). The number of methoxy groups -OCH3 is 2. The molecule has 0 fully saturated rings. The molecule has 2 N–H and O–H groups in total. The van der Waals surface area contributed by atoms with Gasteiger partial charge in [-0.05, 0) is 36.8 Å². The van der Waals surface area contributed by atoms with E-state index < -0.39 is 23.3 Å². The van der Waals surface area contributed by atoms with E-state index in [0.717, 1.165) is 11.1 Å². The summed E-state index contributed by atoms with van der Waals surface area (Å²) in [4.78, 5) is 40.4. The number of ether oxygens (including phenoxy) is 2. The largest absolute Gasteiger partial charge is 0.497 e. The van der Waals surface area contributed by atoms with Crippen LogP contribution in [0.5, 0.6) is 11.5 Å². The van der Waals surface area contributed by atoms with Gasteiger partial charge < -0.3 is 25.0 Å². The van der Waals surface area contributed by atoms with E-state index >= 15 is 0 Å². The van der Waals surface area contributed by atoms with Crippen LogP contribution in [0.3, 0.4) is 0 Å². The van der Waals surface area contributed by atoms with Crippen LogP contribution in [-0.4, -0.2) is 59.2 Å². The molecule has 0 bridgehead atoms. The van der Waals surface area contributed by atoms with Crippen molar-refractivity contribution in [2.75, 3.05) is 21.3 Å². The Morgan fingerprint density at radius 1 is 1.05 bits per heavy atom. The number of nitrogens with one attached hydrogen (secondary N) is 2. The highest BCUT2D eigenvalue weighted by Gasteiger charge is 2.46. The summed E-state index contributed by atoms with van der Waals surface area (Å²) in [5.41, 5.74) is 0.469. The van der Waals surface area contributed by atoms with Crippen LogP contribution in [-0.2, 0) is 24.4 Å². The minimum Gasteiger partial charge on any atom is -0.497 e. The number of fused-ring (bicyclic) bond motifs is 1. The fraction of sp³-hybridized carbons (Fsp3) is 0.308. The maximum absolute atomic E-state index is 13.1. The van der Waals surface area contributed by atoms with Crippen LogP contribution >= 0.6 is 0 Å². The number of carbonyl (C=O) groups is 3. The molecule has 0 spiro atoms. The van der Waals surface area contributed by atoms with E-state index in [4.69, 9.17) is 9.47 Å². The quantitative estimate of drug-likeness (QED) is 0.481. The van der Waals surface area contributed by atoms with Gasteiger partial charge in [0.15, 0.2) is 5.69 Å². The molecule has 11 heteroatoms. The number of hydrogen-bond acceptors (Lipinski definition) is 6. The lowest BCUT2D eigenvalue weighted by Gasteiger charge is -2.40. The Kier molecular flexibility index (Phi) is 7.14. The van der Waals surface area contributed by atoms with Gasteiger partial charge in [0.05, 0.1) is 20.8 Å². The molecule has 10 nitrogen and oxygen atoms in total. The summed E-state index contributed by atoms with van der Waals surface area (Å²) in [5, 5.41) is 9.89. The second-order valence-electron chi connectivity index (χ2n) is 8.88. The normalized spacial score (nSPS) is 16.7. The van der Waals surface area contributed by atoms with Gasteiger partial charge in [-0.15, -0.1) is 0 Å². The Hall–Kier alpha value is -4.41. The molecule has 0 unspecified atom stereocenters. The van der Waals surface area contributed by atoms with Crippen LogP contribution in [0.15, 0.2) is 48.5 Å². The number of rotatable bonds is 8. The lowest BCUT2D eigenvalue weighted by atomic mass is 9.96. The maximum atomic E-state index is 13.1. The Bertz CT molecular complexity index is 1340. The highest BCUT2D eigenvalue weighted by molar-refractivity contribution is 6.01. The van der Waals surface area contributed by atoms with E-state index in [-0.39, 0.29) is 36.8 Å². The third-order valence-electron chi connectivity index (χ3n) is 6.52. The third kappa shape index (κ3) is 5.11. The smallest absolute Gasteiger partial charge is 0.272 e. The van der Waals surface area contributed by atoms with Crippen molar-refractivity contribution in [2.24, 2.45) is 0 Å². The molecule has 3 aromatic rings. The van der Waals surface area contributed by atoms with E-state index in [2.05, 4.69) is 15.7 Å². The third-order valence-corrected chi connectivity index (χ3v) is 6.52. The van der Waals surface area contributed by atoms with Crippen molar-refractivity contribution in [3.63, 3.8) is 0 Å². The minimum atomic E-state index is -1.25. The van der Waals surface area contributed by atoms with Crippen LogP contribution in [0.25, 0.3) is 0 Å². The fourth-order valence-electron chi connectivity index (χ4n) is 4.08. The molecule has 2 heterocycles. The number of amides is 3. The molecular formula is C26H28FN5O5. The van der Waals surface area contributed by atoms with Gasteiger partial charge in [-0.2, -0.15) is 5.10 Å². The van der Waals surface area contributed by atoms with Crippen LogP contribution in [0.1, 0.15) is 39.0 Å². The molecule has 1 aliphatic rings. The Morgan fingerprint density at radius 3 is 2.46 bits per heavy atom. The Balaban J connectivity index is 1.46. The second-order valence-corrected chi connectivity index (χ2v) is 8.88. The molecule has 1 aliphatic heterocycles. The summed E-state index contributed by atoms with van der Waals surface area (Å²) in [5.74, 6) is -0.490. The van der Waals surface area contributed by atoms with Gasteiger partial charge in [-0.3, -0.25) is 19.1 Å². The Morgan fingerprint density at radius 2 is 1.78 bits per heavy atom. The number of likely N-dealkylation sites (N-methyl/N-ethyl adjacent to an activating group) is 1. The first-order valence-corrected chi connectivity index (χ1v) is 11.5. The number of halogens is 1. The molecule has 0 aliphatic carbocycles. The van der Waals surface area contributed by atoms with Crippen molar-refractivity contribution in [3.8, 4) is 11.5 Å². The zero-order chi connectivity index (χ0) is 26.7. The lowest BCUT2D eigenvalue weighted by molar-refractivity contribution is -0.132. The monoisotopic (exact) mass is 509 g/mol. The fourth-order valence-corrected chi connectivity index (χ4v) is 4.08. The van der Waals surface area contributed by atoms with E-state index in [1.807, 2.05) is 0 Å². The van der Waals surface area contributed by atoms with Gasteiger partial charge in [0.1, 0.15) is 28.5 Å². The van der Waals surface area contributed by atoms with E-state index in [1.165, 1.54) is 41.9 Å². The van der Waals surface area contributed by atoms with E-state index in [0.29, 0.717) is 11.5 Å². The van der Waals surface area contributed by atoms with Crippen molar-refractivity contribution in [1.29, 1.82) is 0 Å². The predicted octanol–water partition coefficient (Wildman–Crippen LogP) is 2.13. The van der Waals surface area contributed by atoms with Gasteiger partial charge in [0, 0.05) is 37.8 Å². The molecule has 194 valence electrons. The van der Waals surface area contributed by atoms with Crippen molar-refractivity contribution in [3.05, 3.63) is 76.9 Å². The number of hydrogen-bond donors (Lipinski definition) is 2. The summed E-state index contributed by atoms with van der Waals surface area (Å²) in [6.07, 6.45) is 0. The standard InChI is InChI=1S/C26H28FN5O5/c1-26(25(35)29-13-16-5-8-18(27)9-6-16)15-32-21(24(34)31(26)2)12-20(30-32)23(33)28-14-17-7-10-19(36-3)11-22(17)37-4/h5-12H,13-15H2,1-4H3,(H,28,33)(H,29,35)/t26-/m0/s1. The highest BCUT2D eigenvalue weighted by Crippen LogP contribution is 2.27. The predicted molar refractivity (Wildman–Crippen MR) is 132 cm³/mol. The second kappa shape index (κ2) is 10.3. The van der Waals surface area contributed by atoms with Crippen molar-refractivity contribution >= 4 is 17.7 Å². The number of carbonyl (C=O) groups excluding carboxylic acids is 3. The van der Waals surface area contributed by atoms with Crippen LogP contribution in [0.2, 0.25) is 0 Å². The first-order valence-electron chi connectivity index (χ1n) is 11.5. The summed E-state index contributed by atoms with van der Waals surface area (Å²) < 4.78 is 25.1. The van der Waals surface area contributed by atoms with E-state index in [1.54, 1.807) is 44.4 Å². The average Bonchev–Trinajstić information content (AvgIpc) is 3.33. The molecule has 3 amide bonds. The first kappa shape index (κ1) is 25.7. The molecule has 0 saturated heterocycles. The van der Waals surface area contributed by atoms with Crippen molar-refractivity contribution < 1.29 is 28.2 Å². The van der Waals surface area contributed by atoms with Crippen molar-refractivity contribution in [2.45, 2.75) is 32.1 Å². The van der Waals surface area contributed by atoms with Crippen LogP contribution in [0.4, 0.5) is 4.39 Å². The van der Waals surface area contributed by atoms with Crippen LogP contribution < -0.4 is 20.1 Å². The summed E-state index contributed by atoms with van der Waals surface area (Å²) in [6.45, 7) is 2.03. The Labute approximate surface area is 213 Å². The average molecular weight is 510 g/mol. The molecular weight excluding hydrogens is 481 g/mol. The van der Waals surface area contributed by atoms with Gasteiger partial charge in [-0.1, -0.05) is 12.1 Å².